The summed E-state index contributed by atoms with van der Waals surface area (Å²) in [6.45, 7) is 15.9. The molecular formula is C69H67Br6Cl2Fe3N9. The van der Waals surface area contributed by atoms with Gasteiger partial charge >= 0.3 is 67.5 Å². The van der Waals surface area contributed by atoms with Crippen LogP contribution in [0.3, 0.4) is 0 Å². The Morgan fingerprint density at radius 2 is 0.472 bits per heavy atom. The van der Waals surface area contributed by atoms with Crippen molar-refractivity contribution in [1.82, 2.24) is 15.0 Å². The van der Waals surface area contributed by atoms with Crippen LogP contribution in [-0.4, -0.2) is 49.2 Å². The summed E-state index contributed by atoms with van der Waals surface area (Å²) in [5.74, 6) is 0. The van der Waals surface area contributed by atoms with Crippen LogP contribution in [-0.2, 0) is 47.3 Å². The summed E-state index contributed by atoms with van der Waals surface area (Å²) in [6, 6.07) is 61.5. The minimum Gasteiger partial charge on any atom is 2.00 e. The van der Waals surface area contributed by atoms with Crippen LogP contribution in [0.25, 0.3) is 0 Å². The number of halogens is 8. The number of nitrogens with zero attached hydrogens (tertiary/aromatic N) is 9. The van der Waals surface area contributed by atoms with Crippen LogP contribution in [0.2, 0.25) is 0 Å². The molecular weight excluding hydrogens is 1670 g/mol. The van der Waals surface area contributed by atoms with Crippen LogP contribution in [0.15, 0.2) is 245 Å². The monoisotopic (exact) mass is 1730 g/mol. The molecule has 6 aromatic carbocycles. The van der Waals surface area contributed by atoms with Gasteiger partial charge in [0.15, 0.2) is 0 Å². The first kappa shape index (κ1) is 84.8. The van der Waals surface area contributed by atoms with E-state index in [1.807, 2.05) is 217 Å². The average molecular weight is 1740 g/mol. The van der Waals surface area contributed by atoms with Gasteiger partial charge in [-0.15, -0.1) is 0 Å². The van der Waals surface area contributed by atoms with Gasteiger partial charge in [-0.05, 0) is 236 Å². The van der Waals surface area contributed by atoms with Crippen LogP contribution >= 0.6 is 116 Å². The van der Waals surface area contributed by atoms with E-state index in [1.165, 1.54) is 0 Å². The van der Waals surface area contributed by atoms with E-state index in [0.29, 0.717) is 0 Å². The summed E-state index contributed by atoms with van der Waals surface area (Å²) >= 11 is 21.0. The van der Waals surface area contributed by atoms with Crippen molar-refractivity contribution in [1.29, 1.82) is 0 Å². The van der Waals surface area contributed by atoms with Crippen molar-refractivity contribution in [2.75, 3.05) is 0 Å². The fourth-order valence-electron chi connectivity index (χ4n) is 7.48. The van der Waals surface area contributed by atoms with Gasteiger partial charge in [0.05, 0.1) is 103 Å². The Hall–Kier alpha value is -4.19. The first-order valence-corrected chi connectivity index (χ1v) is 33.2. The first-order valence-electron chi connectivity index (χ1n) is 25.4. The average Bonchev–Trinajstić information content (AvgIpc) is 3.69. The van der Waals surface area contributed by atoms with Crippen molar-refractivity contribution in [2.24, 2.45) is 30.0 Å². The predicted molar refractivity (Wildman–Crippen MR) is 396 cm³/mol. The van der Waals surface area contributed by atoms with E-state index in [2.05, 4.69) is 142 Å². The van der Waals surface area contributed by atoms with Crippen molar-refractivity contribution in [2.45, 2.75) is 55.4 Å². The molecule has 20 heteroatoms. The minimum atomic E-state index is 0. The topological polar surface area (TPSA) is 113 Å². The van der Waals surface area contributed by atoms with Gasteiger partial charge in [-0.1, -0.05) is 114 Å². The number of aliphatic imine (C=N–C) groups is 6. The molecule has 468 valence electrons. The van der Waals surface area contributed by atoms with E-state index in [-0.39, 0.29) is 77.0 Å². The molecule has 0 aliphatic heterocycles. The molecule has 0 atom stereocenters. The van der Waals surface area contributed by atoms with Crippen molar-refractivity contribution >= 4 is 184 Å². The molecule has 0 saturated carbocycles. The zero-order valence-corrected chi connectivity index (χ0v) is 65.3. The van der Waals surface area contributed by atoms with Crippen molar-refractivity contribution in [3.05, 3.63) is 290 Å². The van der Waals surface area contributed by atoms with E-state index < -0.39 is 0 Å². The molecule has 0 radical (unpaired) electrons. The van der Waals surface area contributed by atoms with Crippen molar-refractivity contribution < 1.29 is 47.3 Å². The second-order valence-electron chi connectivity index (χ2n) is 18.2. The van der Waals surface area contributed by atoms with Gasteiger partial charge in [0.2, 0.25) is 0 Å². The zero-order chi connectivity index (χ0) is 60.0. The minimum absolute atomic E-state index is 0. The predicted octanol–water partition coefficient (Wildman–Crippen LogP) is 24.5. The summed E-state index contributed by atoms with van der Waals surface area (Å²) in [4.78, 5) is 42.3. The molecule has 0 amide bonds. The Bertz CT molecular complexity index is 3450. The van der Waals surface area contributed by atoms with Crippen molar-refractivity contribution in [3.63, 3.8) is 0 Å². The SMILES string of the molecule is CC(=Nc1ccc(Br)c(C)c1)c1cccc(C(C)=Nc2ccc(Br)c(C)c2)n1.CC(=Nc1ccc(Br)cc1)c1cccc(C(C)=Nc2ccc(Br)cc2)n1.CC(=Nc1ccc(Br)cc1)c1cccc(C(C)=Nc2ccc(Br)cc2)n1.[CH3-].[CH3-].[CH3-].[CH3-].[Cl][Fe][Cl].[Fe+2].[Fe+2]. The van der Waals surface area contributed by atoms with Gasteiger partial charge in [0, 0.05) is 26.8 Å². The van der Waals surface area contributed by atoms with Gasteiger partial charge in [-0.25, -0.2) is 15.0 Å². The number of hydrogen-bond donors (Lipinski definition) is 0. The second kappa shape index (κ2) is 43.6. The smallest absolute Gasteiger partial charge is 2.00 e. The Morgan fingerprint density at radius 1 is 0.303 bits per heavy atom. The van der Waals surface area contributed by atoms with Gasteiger partial charge < -0.3 is 29.7 Å². The molecule has 89 heavy (non-hydrogen) atoms. The maximum absolute atomic E-state index is 4.76. The van der Waals surface area contributed by atoms with Gasteiger partial charge in [0.25, 0.3) is 0 Å². The van der Waals surface area contributed by atoms with Crippen LogP contribution in [0, 0.1) is 43.6 Å². The van der Waals surface area contributed by atoms with E-state index in [9.17, 15) is 0 Å². The van der Waals surface area contributed by atoms with Crippen LogP contribution in [0.1, 0.15) is 86.8 Å². The molecule has 3 aromatic heterocycles. The number of rotatable bonds is 12. The fourth-order valence-corrected chi connectivity index (χ4v) is 9.03. The summed E-state index contributed by atoms with van der Waals surface area (Å²) < 4.78 is 6.31. The maximum Gasteiger partial charge on any atom is 2.00 e. The van der Waals surface area contributed by atoms with Crippen LogP contribution < -0.4 is 0 Å². The number of benzene rings is 6. The Morgan fingerprint density at radius 3 is 0.652 bits per heavy atom. The third-order valence-electron chi connectivity index (χ3n) is 11.8. The molecule has 0 N–H and O–H groups in total. The summed E-state index contributed by atoms with van der Waals surface area (Å²) in [6.07, 6.45) is 0. The standard InChI is InChI=1S/C23H21Br2N3.2C21H17Br2N3.4CH3.2ClH.3Fe/c1-14-12-18(8-10-20(14)24)26-16(3)22-6-5-7-23(28-22)17(4)27-19-9-11-21(25)15(2)13-19;2*1-14(24-18-10-6-16(22)7-11-18)20-4-3-5-21(26-20)15(2)25-19-12-8-17(23)9-13-19;;;;;;;;;/h5-13H,1-4H3;2*3-13H,1-2H3;4*1H3;2*1H;;;/q;;;4*-1;;;3*+2/p-2. The normalized spacial score (nSPS) is 11.3. The van der Waals surface area contributed by atoms with E-state index in [4.69, 9.17) is 45.1 Å². The van der Waals surface area contributed by atoms with Crippen molar-refractivity contribution in [3.8, 4) is 0 Å². The van der Waals surface area contributed by atoms with Gasteiger partial charge in [0.1, 0.15) is 0 Å². The molecule has 9 rings (SSSR count). The summed E-state index contributed by atoms with van der Waals surface area (Å²) in [7, 11) is 9.53. The molecule has 0 saturated heterocycles. The van der Waals surface area contributed by atoms with Gasteiger partial charge in [-0.3, -0.25) is 30.0 Å². The van der Waals surface area contributed by atoms with E-state index in [0.717, 1.165) is 141 Å². The quantitative estimate of drug-likeness (QED) is 0.0690. The third-order valence-corrected chi connectivity index (χ3v) is 15.7. The molecule has 3 heterocycles. The Balaban J connectivity index is 0.00000124. The number of hydrogen-bond acceptors (Lipinski definition) is 9. The number of aryl methyl sites for hydroxylation is 2. The Labute approximate surface area is 614 Å². The summed E-state index contributed by atoms with van der Waals surface area (Å²) in [5, 5.41) is 0. The Kier molecular flexibility index (Phi) is 41.5. The molecule has 9 aromatic rings. The molecule has 0 aliphatic carbocycles. The molecule has 0 spiro atoms. The van der Waals surface area contributed by atoms with Crippen LogP contribution in [0.5, 0.6) is 0 Å². The van der Waals surface area contributed by atoms with Crippen LogP contribution in [0.4, 0.5) is 34.1 Å². The molecule has 0 unspecified atom stereocenters. The molecule has 0 fully saturated rings. The molecule has 0 bridgehead atoms. The maximum atomic E-state index is 4.76. The fraction of sp³-hybridized carbons (Fsp3) is 0.116. The molecule has 0 aliphatic rings. The largest absolute Gasteiger partial charge is 2.00 e. The van der Waals surface area contributed by atoms with Gasteiger partial charge in [-0.2, -0.15) is 0 Å². The zero-order valence-electron chi connectivity index (χ0n) is 51.0. The first-order chi connectivity index (χ1) is 39.8. The molecule has 9 nitrogen and oxygen atoms in total. The summed E-state index contributed by atoms with van der Waals surface area (Å²) in [5.41, 5.74) is 18.0. The number of pyridine rings is 3. The third kappa shape index (κ3) is 28.7. The number of aromatic nitrogens is 3. The van der Waals surface area contributed by atoms with E-state index >= 15 is 0 Å². The second-order valence-corrected chi connectivity index (χ2v) is 25.4. The van der Waals surface area contributed by atoms with E-state index in [1.54, 1.807) is 0 Å².